The van der Waals surface area contributed by atoms with Crippen LogP contribution in [0.1, 0.15) is 158 Å². The van der Waals surface area contributed by atoms with Crippen molar-refractivity contribution in [3.8, 4) is 0 Å². The maximum Gasteiger partial charge on any atom is 0.135 e. The number of H-pyrrole nitrogens is 2. The first-order valence-corrected chi connectivity index (χ1v) is 23.1. The molecule has 63 heavy (non-hydrogen) atoms. The molecule has 9 rings (SSSR count). The summed E-state index contributed by atoms with van der Waals surface area (Å²) in [6, 6.07) is 40.4. The molecule has 0 atom stereocenters. The molecule has 3 heteroatoms. The topological polar surface area (TPSA) is 44.7 Å². The Kier molecular flexibility index (Phi) is 11.4. The summed E-state index contributed by atoms with van der Waals surface area (Å²) >= 11 is 0. The maximum absolute atomic E-state index is 5.99. The summed E-state index contributed by atoms with van der Waals surface area (Å²) < 4.78 is 5.99. The molecule has 0 spiro atoms. The van der Waals surface area contributed by atoms with Crippen LogP contribution < -0.4 is 0 Å². The monoisotopic (exact) mass is 839 g/mol. The van der Waals surface area contributed by atoms with Crippen molar-refractivity contribution >= 4 is 65.6 Å². The third-order valence-corrected chi connectivity index (χ3v) is 12.9. The number of hydrogen-bond donors (Lipinski definition) is 2. The second-order valence-electron chi connectivity index (χ2n) is 24.3. The molecule has 0 aliphatic heterocycles. The summed E-state index contributed by atoms with van der Waals surface area (Å²) in [6.07, 6.45) is 0. The van der Waals surface area contributed by atoms with E-state index >= 15 is 0 Å². The largest absolute Gasteiger partial charge is 0.456 e. The van der Waals surface area contributed by atoms with E-state index in [4.69, 9.17) is 4.42 Å². The van der Waals surface area contributed by atoms with Crippen molar-refractivity contribution in [1.29, 1.82) is 0 Å². The average molecular weight is 839 g/mol. The Labute approximate surface area is 378 Å². The SMILES string of the molecule is CC(C)(C)c1ccc2[nH]c3ccc(C(C)(C)C)cc3c2c1.CC(C)(C)c1ccc2c(c1)[nH]c1cc(C(C)(C)C)ccc12.CC(C)(C)c1ccc2oc3ccc(C(C)(C)C)cc3c2c1. The molecule has 0 aliphatic carbocycles. The standard InChI is InChI=1S/2C20H25N.C20H24O/c1-19(2,3)13-7-9-17-15(11-13)16-12-14(20(4,5)6)8-10-18(16)21-17;1-19(2,3)13-7-9-15-16-10-8-14(20(4,5)6)12-18(16)21-17(15)11-13;1-19(2,3)13-7-9-17-15(11-13)16-12-14(20(4,5)6)8-10-18(16)21-17/h2*7-12,21H,1-6H3;7-12H,1-6H3. The van der Waals surface area contributed by atoms with Gasteiger partial charge in [0, 0.05) is 54.4 Å². The first kappa shape index (κ1) is 45.7. The molecule has 0 amide bonds. The lowest BCUT2D eigenvalue weighted by Crippen LogP contribution is -2.10. The summed E-state index contributed by atoms with van der Waals surface area (Å²) in [5, 5.41) is 7.76. The Morgan fingerprint density at radius 3 is 0.825 bits per heavy atom. The number of furan rings is 1. The van der Waals surface area contributed by atoms with Crippen molar-refractivity contribution in [2.75, 3.05) is 0 Å². The lowest BCUT2D eigenvalue weighted by molar-refractivity contribution is 0.590. The minimum atomic E-state index is 0.152. The average Bonchev–Trinajstić information content (AvgIpc) is 3.85. The lowest BCUT2D eigenvalue weighted by atomic mass is 9.85. The van der Waals surface area contributed by atoms with Crippen LogP contribution in [0.2, 0.25) is 0 Å². The summed E-state index contributed by atoms with van der Waals surface area (Å²) in [6.45, 7) is 40.6. The summed E-state index contributed by atoms with van der Waals surface area (Å²) in [4.78, 5) is 7.14. The van der Waals surface area contributed by atoms with E-state index < -0.39 is 0 Å². The fourth-order valence-electron chi connectivity index (χ4n) is 8.38. The number of hydrogen-bond acceptors (Lipinski definition) is 1. The zero-order chi connectivity index (χ0) is 46.2. The van der Waals surface area contributed by atoms with Crippen molar-refractivity contribution in [1.82, 2.24) is 9.97 Å². The van der Waals surface area contributed by atoms with E-state index in [2.05, 4.69) is 244 Å². The van der Waals surface area contributed by atoms with Crippen molar-refractivity contribution in [3.05, 3.63) is 143 Å². The molecule has 0 aliphatic rings. The molecule has 9 aromatic rings. The summed E-state index contributed by atoms with van der Waals surface area (Å²) in [5.41, 5.74) is 16.1. The van der Waals surface area contributed by atoms with E-state index in [-0.39, 0.29) is 32.5 Å². The Bertz CT molecular complexity index is 2750. The summed E-state index contributed by atoms with van der Waals surface area (Å²) in [5.74, 6) is 0. The third-order valence-electron chi connectivity index (χ3n) is 12.9. The van der Waals surface area contributed by atoms with Crippen LogP contribution in [0.4, 0.5) is 0 Å². The highest BCUT2D eigenvalue weighted by Gasteiger charge is 2.21. The number of rotatable bonds is 0. The van der Waals surface area contributed by atoms with Gasteiger partial charge in [0.2, 0.25) is 0 Å². The number of benzene rings is 6. The predicted octanol–water partition coefficient (Wildman–Crippen LogP) is 18.0. The second kappa shape index (κ2) is 15.8. The van der Waals surface area contributed by atoms with Gasteiger partial charge in [-0.3, -0.25) is 0 Å². The van der Waals surface area contributed by atoms with Gasteiger partial charge in [0.25, 0.3) is 0 Å². The van der Waals surface area contributed by atoms with E-state index in [0.29, 0.717) is 0 Å². The van der Waals surface area contributed by atoms with Crippen LogP contribution in [0, 0.1) is 0 Å². The van der Waals surface area contributed by atoms with Gasteiger partial charge in [-0.15, -0.1) is 0 Å². The highest BCUT2D eigenvalue weighted by atomic mass is 16.3. The van der Waals surface area contributed by atoms with Gasteiger partial charge in [0.15, 0.2) is 0 Å². The second-order valence-corrected chi connectivity index (χ2v) is 24.3. The number of nitrogens with one attached hydrogen (secondary N) is 2. The van der Waals surface area contributed by atoms with Crippen LogP contribution >= 0.6 is 0 Å². The maximum atomic E-state index is 5.99. The van der Waals surface area contributed by atoms with Crippen molar-refractivity contribution in [2.45, 2.75) is 157 Å². The molecule has 6 aromatic carbocycles. The van der Waals surface area contributed by atoms with Gasteiger partial charge >= 0.3 is 0 Å². The van der Waals surface area contributed by atoms with Crippen LogP contribution in [-0.4, -0.2) is 9.97 Å². The molecule has 330 valence electrons. The van der Waals surface area contributed by atoms with Gasteiger partial charge in [0.1, 0.15) is 11.2 Å². The molecule has 0 unspecified atom stereocenters. The fourth-order valence-corrected chi connectivity index (χ4v) is 8.38. The fraction of sp³-hybridized carbons (Fsp3) is 0.400. The van der Waals surface area contributed by atoms with Crippen LogP contribution in [0.5, 0.6) is 0 Å². The molecule has 0 saturated carbocycles. The summed E-state index contributed by atoms with van der Waals surface area (Å²) in [7, 11) is 0. The van der Waals surface area contributed by atoms with Crippen molar-refractivity contribution < 1.29 is 4.42 Å². The van der Waals surface area contributed by atoms with E-state index in [9.17, 15) is 0 Å². The molecular weight excluding hydrogens is 765 g/mol. The molecule has 0 fully saturated rings. The first-order chi connectivity index (χ1) is 29.0. The van der Waals surface area contributed by atoms with Gasteiger partial charge < -0.3 is 14.4 Å². The van der Waals surface area contributed by atoms with Gasteiger partial charge in [-0.25, -0.2) is 0 Å². The number of fused-ring (bicyclic) bond motifs is 9. The zero-order valence-electron chi connectivity index (χ0n) is 41.8. The highest BCUT2D eigenvalue weighted by molar-refractivity contribution is 6.09. The van der Waals surface area contributed by atoms with E-state index in [1.807, 2.05) is 0 Å². The van der Waals surface area contributed by atoms with Gasteiger partial charge in [-0.2, -0.15) is 0 Å². The van der Waals surface area contributed by atoms with Crippen LogP contribution in [0.15, 0.2) is 114 Å². The normalized spacial score (nSPS) is 13.2. The number of aromatic nitrogens is 2. The minimum Gasteiger partial charge on any atom is -0.456 e. The Balaban J connectivity index is 0.000000142. The Morgan fingerprint density at radius 2 is 0.508 bits per heavy atom. The molecule has 2 N–H and O–H groups in total. The smallest absolute Gasteiger partial charge is 0.135 e. The Morgan fingerprint density at radius 1 is 0.254 bits per heavy atom. The van der Waals surface area contributed by atoms with Crippen LogP contribution in [0.25, 0.3) is 65.6 Å². The van der Waals surface area contributed by atoms with E-state index in [0.717, 1.165) is 11.2 Å². The quantitative estimate of drug-likeness (QED) is 0.157. The van der Waals surface area contributed by atoms with E-state index in [1.165, 1.54) is 87.8 Å². The third kappa shape index (κ3) is 9.64. The molecular formula is C60H74N2O. The van der Waals surface area contributed by atoms with Gasteiger partial charge in [0.05, 0.1) is 0 Å². The van der Waals surface area contributed by atoms with Gasteiger partial charge in [-0.1, -0.05) is 173 Å². The van der Waals surface area contributed by atoms with E-state index in [1.54, 1.807) is 0 Å². The molecule has 0 radical (unpaired) electrons. The Hall–Kier alpha value is -5.28. The lowest BCUT2D eigenvalue weighted by Gasteiger charge is -2.19. The van der Waals surface area contributed by atoms with Crippen molar-refractivity contribution in [2.24, 2.45) is 0 Å². The van der Waals surface area contributed by atoms with Crippen molar-refractivity contribution in [3.63, 3.8) is 0 Å². The minimum absolute atomic E-state index is 0.152. The molecule has 0 saturated heterocycles. The molecule has 3 aromatic heterocycles. The van der Waals surface area contributed by atoms with Gasteiger partial charge in [-0.05, 0) is 127 Å². The highest BCUT2D eigenvalue weighted by Crippen LogP contribution is 2.37. The predicted molar refractivity (Wildman–Crippen MR) is 278 cm³/mol. The van der Waals surface area contributed by atoms with Crippen LogP contribution in [0.3, 0.4) is 0 Å². The molecule has 0 bridgehead atoms. The van der Waals surface area contributed by atoms with Crippen LogP contribution in [-0.2, 0) is 32.5 Å². The zero-order valence-corrected chi connectivity index (χ0v) is 41.8. The number of aromatic amines is 2. The molecule has 3 nitrogen and oxygen atoms in total. The first-order valence-electron chi connectivity index (χ1n) is 23.1. The molecule has 3 heterocycles.